The number of esters is 1. The van der Waals surface area contributed by atoms with E-state index in [2.05, 4.69) is 6.92 Å². The topological polar surface area (TPSA) is 128 Å². The molecule has 0 aromatic heterocycles. The third-order valence-electron chi connectivity index (χ3n) is 10.4. The Bertz CT molecular complexity index is 1040. The average molecular weight is 546 g/mol. The molecule has 4 fully saturated rings. The molecule has 218 valence electrons. The van der Waals surface area contributed by atoms with Crippen LogP contribution in [-0.2, 0) is 14.3 Å². The first-order chi connectivity index (χ1) is 18.3. The van der Waals surface area contributed by atoms with Crippen molar-refractivity contribution in [1.82, 2.24) is 4.90 Å². The maximum absolute atomic E-state index is 13.1. The minimum atomic E-state index is -2.10. The summed E-state index contributed by atoms with van der Waals surface area (Å²) in [6.45, 7) is 12.6. The number of allylic oxidation sites excluding steroid dienone is 3. The van der Waals surface area contributed by atoms with E-state index in [1.807, 2.05) is 37.8 Å². The number of aliphatic hydroxyl groups excluding tert-OH is 3. The molecule has 0 aromatic rings. The second-order valence-corrected chi connectivity index (χ2v) is 13.0. The lowest BCUT2D eigenvalue weighted by Gasteiger charge is -2.46. The van der Waals surface area contributed by atoms with Crippen LogP contribution in [0.15, 0.2) is 35.3 Å². The summed E-state index contributed by atoms with van der Waals surface area (Å²) in [5.74, 6) is -2.37. The van der Waals surface area contributed by atoms with Gasteiger partial charge in [0, 0.05) is 48.4 Å². The number of hydrogen-bond acceptors (Lipinski definition) is 8. The fourth-order valence-electron chi connectivity index (χ4n) is 8.27. The molecule has 0 aromatic carbocycles. The molecular formula is C31H47NO7. The third-order valence-corrected chi connectivity index (χ3v) is 10.4. The van der Waals surface area contributed by atoms with E-state index in [1.54, 1.807) is 19.9 Å². The zero-order valence-corrected chi connectivity index (χ0v) is 24.2. The van der Waals surface area contributed by atoms with E-state index in [0.717, 1.165) is 31.5 Å². The number of aliphatic hydroxyl groups is 4. The van der Waals surface area contributed by atoms with Gasteiger partial charge in [0.25, 0.3) is 0 Å². The Kier molecular flexibility index (Phi) is 8.42. The predicted octanol–water partition coefficient (Wildman–Crippen LogP) is 3.38. The standard InChI is InChI=1S/C31H47NO7/c1-7-18(4)29(37)39-27-19(5)24-21(25-26(27)30(25,6)14-23(35)32-10-8-9-11-32)13-20(15-33)28(36)31(38,16-34)22(24)12-17(2)3/h7,12,14,16,19-22,24-28,33,35-36,38H,8-11,13,15H2,1-6H3/b18-7+,23-14-/t19?,20?,21?,22?,24?,25-,26?,27?,28?,30?,31?/m0/s1. The highest BCUT2D eigenvalue weighted by Gasteiger charge is 2.74. The van der Waals surface area contributed by atoms with Crippen molar-refractivity contribution in [3.05, 3.63) is 35.3 Å². The Balaban J connectivity index is 1.86. The summed E-state index contributed by atoms with van der Waals surface area (Å²) in [5.41, 5.74) is -1.20. The molecule has 8 heteroatoms. The van der Waals surface area contributed by atoms with Crippen molar-refractivity contribution >= 4 is 12.3 Å². The molecule has 4 rings (SSSR count). The van der Waals surface area contributed by atoms with Gasteiger partial charge in [-0.2, -0.15) is 0 Å². The van der Waals surface area contributed by atoms with Gasteiger partial charge in [0.15, 0.2) is 17.8 Å². The number of ether oxygens (including phenoxy) is 1. The van der Waals surface area contributed by atoms with Gasteiger partial charge in [-0.15, -0.1) is 0 Å². The summed E-state index contributed by atoms with van der Waals surface area (Å²) in [6.07, 6.45) is 6.43. The summed E-state index contributed by atoms with van der Waals surface area (Å²) < 4.78 is 6.20. The van der Waals surface area contributed by atoms with Gasteiger partial charge in [-0.25, -0.2) is 4.79 Å². The number of carbonyl (C=O) groups is 2. The molecule has 1 heterocycles. The van der Waals surface area contributed by atoms with Gasteiger partial charge in [0.2, 0.25) is 0 Å². The summed E-state index contributed by atoms with van der Waals surface area (Å²) in [4.78, 5) is 27.6. The molecule has 4 N–H and O–H groups in total. The van der Waals surface area contributed by atoms with Crippen molar-refractivity contribution in [2.45, 2.75) is 78.6 Å². The SMILES string of the molecule is C/C=C(\C)C(=O)OC1C(C)C2C(CC(CO)C(O)C(O)(C=O)C2C=C(C)C)[C@H]2C1C2(C)/C=C(\O)N1CCCC1. The smallest absolute Gasteiger partial charge is 0.333 e. The largest absolute Gasteiger partial charge is 0.495 e. The highest BCUT2D eigenvalue weighted by atomic mass is 16.5. The highest BCUT2D eigenvalue weighted by Crippen LogP contribution is 2.73. The molecule has 3 aliphatic carbocycles. The zero-order chi connectivity index (χ0) is 28.9. The van der Waals surface area contributed by atoms with Crippen LogP contribution < -0.4 is 0 Å². The fourth-order valence-corrected chi connectivity index (χ4v) is 8.27. The number of likely N-dealkylation sites (tertiary alicyclic amines) is 1. The maximum Gasteiger partial charge on any atom is 0.333 e. The molecule has 0 amide bonds. The Morgan fingerprint density at radius 2 is 1.79 bits per heavy atom. The van der Waals surface area contributed by atoms with Gasteiger partial charge < -0.3 is 34.9 Å². The van der Waals surface area contributed by atoms with Crippen LogP contribution in [-0.4, -0.2) is 75.1 Å². The van der Waals surface area contributed by atoms with Gasteiger partial charge >= 0.3 is 5.97 Å². The molecular weight excluding hydrogens is 498 g/mol. The van der Waals surface area contributed by atoms with Gasteiger partial charge in [0.05, 0.1) is 6.10 Å². The predicted molar refractivity (Wildman–Crippen MR) is 147 cm³/mol. The summed E-state index contributed by atoms with van der Waals surface area (Å²) in [5, 5.41) is 44.4. The van der Waals surface area contributed by atoms with Crippen LogP contribution in [0.5, 0.6) is 0 Å². The molecule has 0 bridgehead atoms. The zero-order valence-electron chi connectivity index (χ0n) is 24.2. The van der Waals surface area contributed by atoms with E-state index in [4.69, 9.17) is 4.74 Å². The molecule has 3 saturated carbocycles. The number of carbonyl (C=O) groups excluding carboxylic acids is 2. The molecule has 0 spiro atoms. The fraction of sp³-hybridized carbons (Fsp3) is 0.742. The van der Waals surface area contributed by atoms with E-state index in [-0.39, 0.29) is 42.1 Å². The first-order valence-electron chi connectivity index (χ1n) is 14.5. The summed E-state index contributed by atoms with van der Waals surface area (Å²) in [7, 11) is 0. The second kappa shape index (κ2) is 11.0. The number of nitrogens with zero attached hydrogens (tertiary/aromatic N) is 1. The highest BCUT2D eigenvalue weighted by molar-refractivity contribution is 5.87. The molecule has 1 saturated heterocycles. The average Bonchev–Trinajstić information content (AvgIpc) is 3.23. The van der Waals surface area contributed by atoms with Crippen LogP contribution in [0.3, 0.4) is 0 Å². The lowest BCUT2D eigenvalue weighted by Crippen LogP contribution is -2.56. The number of rotatable bonds is 7. The van der Waals surface area contributed by atoms with Crippen molar-refractivity contribution in [3.63, 3.8) is 0 Å². The van der Waals surface area contributed by atoms with Crippen molar-refractivity contribution in [2.75, 3.05) is 19.7 Å². The van der Waals surface area contributed by atoms with Crippen LogP contribution in [0.4, 0.5) is 0 Å². The van der Waals surface area contributed by atoms with Gasteiger partial charge in [0.1, 0.15) is 6.10 Å². The molecule has 1 aliphatic heterocycles. The molecule has 8 nitrogen and oxygen atoms in total. The van der Waals surface area contributed by atoms with Crippen LogP contribution in [0.1, 0.15) is 60.8 Å². The van der Waals surface area contributed by atoms with E-state index < -0.39 is 41.0 Å². The molecule has 10 unspecified atom stereocenters. The quantitative estimate of drug-likeness (QED) is 0.126. The first-order valence-corrected chi connectivity index (χ1v) is 14.5. The van der Waals surface area contributed by atoms with Crippen LogP contribution in [0, 0.1) is 46.8 Å². The van der Waals surface area contributed by atoms with Crippen molar-refractivity contribution in [3.8, 4) is 0 Å². The van der Waals surface area contributed by atoms with Gasteiger partial charge in [-0.1, -0.05) is 31.6 Å². The van der Waals surface area contributed by atoms with Crippen molar-refractivity contribution in [2.24, 2.45) is 46.8 Å². The second-order valence-electron chi connectivity index (χ2n) is 13.0. The van der Waals surface area contributed by atoms with E-state index >= 15 is 0 Å². The van der Waals surface area contributed by atoms with Crippen LogP contribution >= 0.6 is 0 Å². The van der Waals surface area contributed by atoms with E-state index in [9.17, 15) is 30.0 Å². The minimum Gasteiger partial charge on any atom is -0.495 e. The Morgan fingerprint density at radius 3 is 2.33 bits per heavy atom. The minimum absolute atomic E-state index is 0.0320. The van der Waals surface area contributed by atoms with Crippen molar-refractivity contribution < 1.29 is 34.8 Å². The lowest BCUT2D eigenvalue weighted by molar-refractivity contribution is -0.164. The van der Waals surface area contributed by atoms with Gasteiger partial charge in [-0.3, -0.25) is 0 Å². The monoisotopic (exact) mass is 545 g/mol. The van der Waals surface area contributed by atoms with Crippen molar-refractivity contribution in [1.29, 1.82) is 0 Å². The molecule has 39 heavy (non-hydrogen) atoms. The molecule has 0 radical (unpaired) electrons. The van der Waals surface area contributed by atoms with Gasteiger partial charge in [-0.05, 0) is 76.7 Å². The summed E-state index contributed by atoms with van der Waals surface area (Å²) >= 11 is 0. The maximum atomic E-state index is 13.1. The Hall–Kier alpha value is -2.16. The Labute approximate surface area is 232 Å². The molecule has 4 aliphatic rings. The van der Waals surface area contributed by atoms with E-state index in [1.165, 1.54) is 0 Å². The number of fused-ring (bicyclic) bond motifs is 3. The lowest BCUT2D eigenvalue weighted by atomic mass is 9.62. The first kappa shape index (κ1) is 29.8. The van der Waals surface area contributed by atoms with E-state index in [0.29, 0.717) is 18.3 Å². The number of hydrogen-bond donors (Lipinski definition) is 4. The summed E-state index contributed by atoms with van der Waals surface area (Å²) in [6, 6.07) is 0. The molecule has 11 atom stereocenters. The van der Waals surface area contributed by atoms with Crippen LogP contribution in [0.25, 0.3) is 0 Å². The Morgan fingerprint density at radius 1 is 1.15 bits per heavy atom. The normalized spacial score (nSPS) is 44.1. The van der Waals surface area contributed by atoms with Crippen LogP contribution in [0.2, 0.25) is 0 Å². The third kappa shape index (κ3) is 4.97. The number of aldehydes is 1.